The van der Waals surface area contributed by atoms with E-state index in [1.54, 1.807) is 11.8 Å². The van der Waals surface area contributed by atoms with E-state index in [9.17, 15) is 14.7 Å². The van der Waals surface area contributed by atoms with Crippen LogP contribution in [0.1, 0.15) is 26.7 Å². The van der Waals surface area contributed by atoms with Gasteiger partial charge < -0.3 is 14.7 Å². The van der Waals surface area contributed by atoms with Gasteiger partial charge in [0, 0.05) is 19.7 Å². The average Bonchev–Trinajstić information content (AvgIpc) is 3.07. The number of nitrogens with zero attached hydrogens (tertiary/aromatic N) is 1. The maximum atomic E-state index is 12.1. The van der Waals surface area contributed by atoms with Crippen LogP contribution in [-0.4, -0.2) is 47.7 Å². The summed E-state index contributed by atoms with van der Waals surface area (Å²) in [6.07, 6.45) is 1.75. The van der Waals surface area contributed by atoms with Gasteiger partial charge in [0.15, 0.2) is 0 Å². The molecule has 1 aliphatic heterocycles. The Morgan fingerprint density at radius 1 is 1.39 bits per heavy atom. The van der Waals surface area contributed by atoms with Crippen LogP contribution in [0.4, 0.5) is 0 Å². The quantitative estimate of drug-likeness (QED) is 0.795. The minimum atomic E-state index is -0.772. The number of aliphatic carboxylic acids is 1. The number of hydrogen-bond donors (Lipinski definition) is 1. The van der Waals surface area contributed by atoms with E-state index in [0.717, 1.165) is 12.8 Å². The molecule has 0 radical (unpaired) electrons. The number of likely N-dealkylation sites (tertiary alicyclic amines) is 1. The van der Waals surface area contributed by atoms with Gasteiger partial charge in [-0.2, -0.15) is 0 Å². The summed E-state index contributed by atoms with van der Waals surface area (Å²) in [6.45, 7) is 4.99. The largest absolute Gasteiger partial charge is 0.481 e. The first kappa shape index (κ1) is 13.3. The van der Waals surface area contributed by atoms with E-state index in [1.165, 1.54) is 0 Å². The van der Waals surface area contributed by atoms with E-state index >= 15 is 0 Å². The highest BCUT2D eigenvalue weighted by Gasteiger charge is 2.47. The Morgan fingerprint density at radius 2 is 2.06 bits per heavy atom. The van der Waals surface area contributed by atoms with Gasteiger partial charge >= 0.3 is 5.97 Å². The van der Waals surface area contributed by atoms with Gasteiger partial charge in [0.1, 0.15) is 6.10 Å². The molecular weight excluding hydrogens is 234 g/mol. The summed E-state index contributed by atoms with van der Waals surface area (Å²) < 4.78 is 5.28. The van der Waals surface area contributed by atoms with Crippen LogP contribution in [0.3, 0.4) is 0 Å². The Hall–Kier alpha value is -1.10. The molecule has 1 aliphatic carbocycles. The van der Waals surface area contributed by atoms with Gasteiger partial charge in [-0.1, -0.05) is 0 Å². The summed E-state index contributed by atoms with van der Waals surface area (Å²) in [5.74, 6) is -0.598. The van der Waals surface area contributed by atoms with Crippen LogP contribution in [0, 0.1) is 17.8 Å². The molecule has 1 saturated heterocycles. The Balaban J connectivity index is 1.99. The van der Waals surface area contributed by atoms with Gasteiger partial charge in [-0.05, 0) is 38.5 Å². The van der Waals surface area contributed by atoms with E-state index in [4.69, 9.17) is 4.74 Å². The van der Waals surface area contributed by atoms with Gasteiger partial charge in [0.2, 0.25) is 0 Å². The third-order valence-electron chi connectivity index (χ3n) is 3.99. The summed E-state index contributed by atoms with van der Waals surface area (Å²) in [4.78, 5) is 25.0. The molecule has 102 valence electrons. The topological polar surface area (TPSA) is 66.8 Å². The van der Waals surface area contributed by atoms with Crippen molar-refractivity contribution in [3.8, 4) is 0 Å². The van der Waals surface area contributed by atoms with Crippen LogP contribution in [0.2, 0.25) is 0 Å². The molecule has 0 aromatic carbocycles. The van der Waals surface area contributed by atoms with Crippen molar-refractivity contribution in [1.29, 1.82) is 0 Å². The zero-order chi connectivity index (χ0) is 13.3. The molecule has 5 nitrogen and oxygen atoms in total. The van der Waals surface area contributed by atoms with Gasteiger partial charge in [0.05, 0.1) is 5.92 Å². The van der Waals surface area contributed by atoms with E-state index in [1.807, 2.05) is 6.92 Å². The Bertz CT molecular complexity index is 340. The zero-order valence-electron chi connectivity index (χ0n) is 11.0. The number of carboxylic acids is 1. The second-order valence-corrected chi connectivity index (χ2v) is 5.29. The molecule has 1 amide bonds. The third-order valence-corrected chi connectivity index (χ3v) is 3.99. The van der Waals surface area contributed by atoms with Crippen LogP contribution in [0.25, 0.3) is 0 Å². The van der Waals surface area contributed by atoms with Gasteiger partial charge in [-0.15, -0.1) is 0 Å². The molecule has 1 saturated carbocycles. The van der Waals surface area contributed by atoms with Gasteiger partial charge in [0.25, 0.3) is 5.91 Å². The summed E-state index contributed by atoms with van der Waals surface area (Å²) in [5.41, 5.74) is 0. The summed E-state index contributed by atoms with van der Waals surface area (Å²) in [7, 11) is 0. The number of carbonyl (C=O) groups is 2. The standard InChI is InChI=1S/C13H21NO4/c1-3-18-8(2)12(15)14-6-10(9-4-5-9)11(7-14)13(16)17/h8-11H,3-7H2,1-2H3,(H,16,17)/t8?,10-,11+/m1/s1. The number of ether oxygens (including phenoxy) is 1. The molecule has 0 aromatic rings. The number of rotatable bonds is 5. The molecule has 3 atom stereocenters. The molecule has 1 unspecified atom stereocenters. The van der Waals surface area contributed by atoms with Crippen molar-refractivity contribution in [2.75, 3.05) is 19.7 Å². The lowest BCUT2D eigenvalue weighted by atomic mass is 9.92. The number of amides is 1. The van der Waals surface area contributed by atoms with Gasteiger partial charge in [-0.25, -0.2) is 0 Å². The Morgan fingerprint density at radius 3 is 2.56 bits per heavy atom. The zero-order valence-corrected chi connectivity index (χ0v) is 11.0. The lowest BCUT2D eigenvalue weighted by Crippen LogP contribution is -2.38. The van der Waals surface area contributed by atoms with Crippen molar-refractivity contribution < 1.29 is 19.4 Å². The molecule has 0 bridgehead atoms. The number of carboxylic acid groups (broad SMARTS) is 1. The first-order chi connectivity index (χ1) is 8.54. The van der Waals surface area contributed by atoms with Crippen molar-refractivity contribution >= 4 is 11.9 Å². The number of hydrogen-bond acceptors (Lipinski definition) is 3. The average molecular weight is 255 g/mol. The van der Waals surface area contributed by atoms with E-state index in [0.29, 0.717) is 25.6 Å². The lowest BCUT2D eigenvalue weighted by molar-refractivity contribution is -0.144. The fourth-order valence-corrected chi connectivity index (χ4v) is 2.85. The first-order valence-corrected chi connectivity index (χ1v) is 6.67. The SMILES string of the molecule is CCOC(C)C(=O)N1C[C@H](C(=O)O)[C@@H](C2CC2)C1. The minimum Gasteiger partial charge on any atom is -0.481 e. The molecule has 2 aliphatic rings. The fraction of sp³-hybridized carbons (Fsp3) is 0.846. The second kappa shape index (κ2) is 5.26. The summed E-state index contributed by atoms with van der Waals surface area (Å²) >= 11 is 0. The molecule has 2 fully saturated rings. The van der Waals surface area contributed by atoms with Crippen LogP contribution >= 0.6 is 0 Å². The Kier molecular flexibility index (Phi) is 3.90. The maximum absolute atomic E-state index is 12.1. The monoisotopic (exact) mass is 255 g/mol. The highest BCUT2D eigenvalue weighted by molar-refractivity contribution is 5.82. The van der Waals surface area contributed by atoms with E-state index < -0.39 is 18.0 Å². The van der Waals surface area contributed by atoms with Crippen molar-refractivity contribution in [3.63, 3.8) is 0 Å². The van der Waals surface area contributed by atoms with Crippen LogP contribution in [-0.2, 0) is 14.3 Å². The maximum Gasteiger partial charge on any atom is 0.308 e. The minimum absolute atomic E-state index is 0.0775. The first-order valence-electron chi connectivity index (χ1n) is 6.67. The highest BCUT2D eigenvalue weighted by Crippen LogP contribution is 2.44. The molecular formula is C13H21NO4. The molecule has 2 rings (SSSR count). The molecule has 18 heavy (non-hydrogen) atoms. The lowest BCUT2D eigenvalue weighted by Gasteiger charge is -2.20. The van der Waals surface area contributed by atoms with E-state index in [2.05, 4.69) is 0 Å². The Labute approximate surface area is 107 Å². The second-order valence-electron chi connectivity index (χ2n) is 5.29. The predicted octanol–water partition coefficient (Wildman–Crippen LogP) is 0.981. The smallest absolute Gasteiger partial charge is 0.308 e. The summed E-state index contributed by atoms with van der Waals surface area (Å²) in [5, 5.41) is 9.23. The van der Waals surface area contributed by atoms with E-state index in [-0.39, 0.29) is 11.8 Å². The van der Waals surface area contributed by atoms with Crippen molar-refractivity contribution in [2.24, 2.45) is 17.8 Å². The van der Waals surface area contributed by atoms with Gasteiger partial charge in [-0.3, -0.25) is 9.59 Å². The van der Waals surface area contributed by atoms with Crippen LogP contribution in [0.5, 0.6) is 0 Å². The van der Waals surface area contributed by atoms with Crippen molar-refractivity contribution in [2.45, 2.75) is 32.8 Å². The molecule has 1 N–H and O–H groups in total. The van der Waals surface area contributed by atoms with Crippen molar-refractivity contribution in [3.05, 3.63) is 0 Å². The molecule has 0 aromatic heterocycles. The molecule has 5 heteroatoms. The third kappa shape index (κ3) is 2.66. The van der Waals surface area contributed by atoms with Crippen LogP contribution < -0.4 is 0 Å². The van der Waals surface area contributed by atoms with Crippen LogP contribution in [0.15, 0.2) is 0 Å². The molecule has 0 spiro atoms. The fourth-order valence-electron chi connectivity index (χ4n) is 2.85. The highest BCUT2D eigenvalue weighted by atomic mass is 16.5. The normalized spacial score (nSPS) is 29.3. The molecule has 1 heterocycles. The predicted molar refractivity (Wildman–Crippen MR) is 65.0 cm³/mol. The number of carbonyl (C=O) groups excluding carboxylic acids is 1. The summed E-state index contributed by atoms with van der Waals surface area (Å²) in [6, 6.07) is 0. The van der Waals surface area contributed by atoms with Crippen molar-refractivity contribution in [1.82, 2.24) is 4.90 Å².